The third-order valence-electron chi connectivity index (χ3n) is 5.62. The number of carbonyl (C=O) groups is 1. The molecule has 0 radical (unpaired) electrons. The molecular formula is C23H30N4O2S. The number of hydrogen-bond donors (Lipinski definition) is 1. The minimum Gasteiger partial charge on any atom is -0.482 e. The lowest BCUT2D eigenvalue weighted by atomic mass is 9.96. The first kappa shape index (κ1) is 20.8. The Balaban J connectivity index is 1.75. The lowest BCUT2D eigenvalue weighted by molar-refractivity contribution is -0.118. The number of benzene rings is 1. The van der Waals surface area contributed by atoms with E-state index in [1.807, 2.05) is 22.9 Å². The van der Waals surface area contributed by atoms with Gasteiger partial charge in [0.25, 0.3) is 5.91 Å². The van der Waals surface area contributed by atoms with Crippen LogP contribution in [0.4, 0.5) is 5.69 Å². The molecule has 160 valence electrons. The maximum Gasteiger partial charge on any atom is 0.262 e. The van der Waals surface area contributed by atoms with Gasteiger partial charge in [0.15, 0.2) is 6.61 Å². The highest BCUT2D eigenvalue weighted by Crippen LogP contribution is 2.33. The maximum absolute atomic E-state index is 11.7. The molecule has 1 N–H and O–H groups in total. The first-order valence-corrected chi connectivity index (χ1v) is 11.9. The van der Waals surface area contributed by atoms with Crippen LogP contribution in [0.1, 0.15) is 65.2 Å². The van der Waals surface area contributed by atoms with E-state index >= 15 is 0 Å². The molecule has 0 spiro atoms. The van der Waals surface area contributed by atoms with E-state index in [9.17, 15) is 4.79 Å². The highest BCUT2D eigenvalue weighted by Gasteiger charge is 2.18. The molecule has 1 aromatic carbocycles. The molecule has 6 nitrogen and oxygen atoms in total. The summed E-state index contributed by atoms with van der Waals surface area (Å²) < 4.78 is 7.51. The molecule has 1 fully saturated rings. The van der Waals surface area contributed by atoms with E-state index in [1.165, 1.54) is 19.3 Å². The average Bonchev–Trinajstić information content (AvgIpc) is 3.14. The number of aromatic nitrogens is 1. The first-order chi connectivity index (χ1) is 14.6. The topological polar surface area (TPSA) is 68.0 Å². The van der Waals surface area contributed by atoms with Crippen LogP contribution in [0.5, 0.6) is 5.75 Å². The van der Waals surface area contributed by atoms with E-state index in [-0.39, 0.29) is 12.5 Å². The summed E-state index contributed by atoms with van der Waals surface area (Å²) in [5.74, 6) is 0.578. The number of unbranched alkanes of at least 4 members (excludes halogenated alkanes) is 1. The predicted octanol–water partition coefficient (Wildman–Crippen LogP) is 5.20. The molecule has 2 aromatic rings. The van der Waals surface area contributed by atoms with Crippen LogP contribution < -0.4 is 14.9 Å². The Morgan fingerprint density at radius 1 is 1.30 bits per heavy atom. The van der Waals surface area contributed by atoms with E-state index in [4.69, 9.17) is 14.8 Å². The summed E-state index contributed by atoms with van der Waals surface area (Å²) in [7, 11) is 0. The van der Waals surface area contributed by atoms with Crippen LogP contribution in [-0.2, 0) is 4.79 Å². The lowest BCUT2D eigenvalue weighted by Gasteiger charge is -2.18. The smallest absolute Gasteiger partial charge is 0.262 e. The van der Waals surface area contributed by atoms with Gasteiger partial charge in [-0.3, -0.25) is 9.79 Å². The van der Waals surface area contributed by atoms with E-state index in [0.29, 0.717) is 17.5 Å². The Hall–Kier alpha value is -2.41. The Bertz CT molecular complexity index is 999. The van der Waals surface area contributed by atoms with Crippen molar-refractivity contribution in [2.75, 3.05) is 11.9 Å². The molecule has 1 aliphatic heterocycles. The summed E-state index contributed by atoms with van der Waals surface area (Å²) in [6.07, 6.45) is 9.42. The first-order valence-electron chi connectivity index (χ1n) is 11.0. The van der Waals surface area contributed by atoms with Crippen molar-refractivity contribution in [3.05, 3.63) is 28.4 Å². The molecule has 1 aromatic heterocycles. The van der Waals surface area contributed by atoms with Gasteiger partial charge in [-0.25, -0.2) is 4.68 Å². The van der Waals surface area contributed by atoms with Crippen molar-refractivity contribution in [2.24, 2.45) is 10.1 Å². The Morgan fingerprint density at radius 2 is 2.13 bits per heavy atom. The van der Waals surface area contributed by atoms with Crippen molar-refractivity contribution in [3.63, 3.8) is 0 Å². The van der Waals surface area contributed by atoms with Gasteiger partial charge in [-0.2, -0.15) is 5.10 Å². The van der Waals surface area contributed by atoms with Crippen LogP contribution >= 0.6 is 11.3 Å². The number of amides is 1. The number of hydrogen-bond acceptors (Lipinski definition) is 5. The van der Waals surface area contributed by atoms with Gasteiger partial charge in [-0.1, -0.05) is 32.6 Å². The number of anilines is 1. The number of thiazole rings is 1. The second-order valence-corrected chi connectivity index (χ2v) is 8.96. The van der Waals surface area contributed by atoms with Gasteiger partial charge in [-0.15, -0.1) is 11.3 Å². The van der Waals surface area contributed by atoms with Crippen molar-refractivity contribution in [3.8, 4) is 17.0 Å². The molecule has 7 heteroatoms. The van der Waals surface area contributed by atoms with Gasteiger partial charge in [0.2, 0.25) is 4.80 Å². The van der Waals surface area contributed by atoms with Crippen LogP contribution in [0.15, 0.2) is 33.7 Å². The van der Waals surface area contributed by atoms with Crippen molar-refractivity contribution < 1.29 is 9.53 Å². The fourth-order valence-corrected chi connectivity index (χ4v) is 4.85. The summed E-state index contributed by atoms with van der Waals surface area (Å²) in [6, 6.07) is 6.29. The molecule has 0 unspecified atom stereocenters. The minimum absolute atomic E-state index is 0.0656. The minimum atomic E-state index is -0.126. The number of fused-ring (bicyclic) bond motifs is 1. The number of nitrogens with one attached hydrogen (secondary N) is 1. The quantitative estimate of drug-likeness (QED) is 0.646. The van der Waals surface area contributed by atoms with E-state index in [1.54, 1.807) is 11.3 Å². The summed E-state index contributed by atoms with van der Waals surface area (Å²) >= 11 is 1.64. The zero-order valence-electron chi connectivity index (χ0n) is 17.8. The molecule has 1 amide bonds. The molecule has 30 heavy (non-hydrogen) atoms. The van der Waals surface area contributed by atoms with Gasteiger partial charge in [-0.05, 0) is 50.8 Å². The third kappa shape index (κ3) is 4.83. The number of nitrogens with zero attached hydrogens (tertiary/aromatic N) is 3. The monoisotopic (exact) mass is 426 g/mol. The van der Waals surface area contributed by atoms with Crippen LogP contribution in [0.2, 0.25) is 0 Å². The maximum atomic E-state index is 11.7. The van der Waals surface area contributed by atoms with Crippen LogP contribution in [0.25, 0.3) is 11.3 Å². The van der Waals surface area contributed by atoms with E-state index < -0.39 is 0 Å². The lowest BCUT2D eigenvalue weighted by Crippen LogP contribution is -2.25. The van der Waals surface area contributed by atoms with Gasteiger partial charge >= 0.3 is 0 Å². The van der Waals surface area contributed by atoms with Crippen LogP contribution in [-0.4, -0.2) is 28.9 Å². The Morgan fingerprint density at radius 3 is 2.93 bits per heavy atom. The SMILES string of the molecule is CCCCC(C)=Nn1c(-c2ccc3c(c2)NC(=O)CO3)csc1=NC1CCCCC1. The molecule has 2 heterocycles. The fourth-order valence-electron chi connectivity index (χ4n) is 3.95. The predicted molar refractivity (Wildman–Crippen MR) is 122 cm³/mol. The fraction of sp³-hybridized carbons (Fsp3) is 0.522. The van der Waals surface area contributed by atoms with Crippen molar-refractivity contribution in [2.45, 2.75) is 71.3 Å². The third-order valence-corrected chi connectivity index (χ3v) is 6.45. The zero-order valence-corrected chi connectivity index (χ0v) is 18.6. The summed E-state index contributed by atoms with van der Waals surface area (Å²) in [6.45, 7) is 4.36. The van der Waals surface area contributed by atoms with Gasteiger partial charge in [0.05, 0.1) is 17.4 Å². The summed E-state index contributed by atoms with van der Waals surface area (Å²) in [5, 5.41) is 9.97. The number of rotatable bonds is 6. The van der Waals surface area contributed by atoms with Crippen molar-refractivity contribution in [1.82, 2.24) is 4.68 Å². The summed E-state index contributed by atoms with van der Waals surface area (Å²) in [5.41, 5.74) is 3.80. The molecule has 0 atom stereocenters. The Labute approximate surface area is 181 Å². The van der Waals surface area contributed by atoms with E-state index in [0.717, 1.165) is 53.9 Å². The summed E-state index contributed by atoms with van der Waals surface area (Å²) in [4.78, 5) is 17.8. The van der Waals surface area contributed by atoms with Crippen molar-refractivity contribution in [1.29, 1.82) is 0 Å². The average molecular weight is 427 g/mol. The molecule has 1 saturated carbocycles. The molecule has 0 saturated heterocycles. The standard InChI is InChI=1S/C23H30N4O2S/c1-3-4-8-16(2)26-27-20(15-30-23(27)24-18-9-6-5-7-10-18)17-11-12-21-19(13-17)25-22(28)14-29-21/h11-13,15,18H,3-10,14H2,1-2H3,(H,25,28). The molecule has 4 rings (SSSR count). The largest absolute Gasteiger partial charge is 0.482 e. The molecular weight excluding hydrogens is 396 g/mol. The van der Waals surface area contributed by atoms with Gasteiger partial charge in [0.1, 0.15) is 5.75 Å². The Kier molecular flexibility index (Phi) is 6.67. The highest BCUT2D eigenvalue weighted by atomic mass is 32.1. The van der Waals surface area contributed by atoms with Gasteiger partial charge < -0.3 is 10.1 Å². The molecule has 0 bridgehead atoms. The molecule has 2 aliphatic rings. The second-order valence-electron chi connectivity index (χ2n) is 8.12. The van der Waals surface area contributed by atoms with Gasteiger partial charge in [0, 0.05) is 16.7 Å². The molecule has 1 aliphatic carbocycles. The highest BCUT2D eigenvalue weighted by molar-refractivity contribution is 7.07. The van der Waals surface area contributed by atoms with Crippen LogP contribution in [0, 0.1) is 0 Å². The normalized spacial score (nSPS) is 18.1. The number of ether oxygens (including phenoxy) is 1. The van der Waals surface area contributed by atoms with Crippen molar-refractivity contribution >= 4 is 28.6 Å². The second kappa shape index (κ2) is 9.60. The number of carbonyl (C=O) groups excluding carboxylic acids is 1. The van der Waals surface area contributed by atoms with E-state index in [2.05, 4.69) is 24.5 Å². The van der Waals surface area contributed by atoms with Crippen LogP contribution in [0.3, 0.4) is 0 Å². The zero-order chi connectivity index (χ0) is 20.9.